The average Bonchev–Trinajstić information content (AvgIpc) is 3.23. The Morgan fingerprint density at radius 1 is 1.16 bits per heavy atom. The van der Waals surface area contributed by atoms with Gasteiger partial charge >= 0.3 is 12.0 Å². The topological polar surface area (TPSA) is 99.7 Å². The van der Waals surface area contributed by atoms with Crippen LogP contribution in [0.5, 0.6) is 0 Å². The number of esters is 1. The number of benzene rings is 1. The van der Waals surface area contributed by atoms with Crippen LogP contribution in [0.2, 0.25) is 5.02 Å². The Hall–Kier alpha value is -2.43. The van der Waals surface area contributed by atoms with Gasteiger partial charge in [-0.05, 0) is 24.6 Å². The number of rotatable bonds is 9. The zero-order valence-electron chi connectivity index (χ0n) is 17.5. The minimum Gasteiger partial charge on any atom is -0.465 e. The fraction of sp³-hybridized carbons (Fsp3) is 0.500. The minimum absolute atomic E-state index is 0.125. The van der Waals surface area contributed by atoms with Gasteiger partial charge in [-0.3, -0.25) is 9.69 Å². The summed E-state index contributed by atoms with van der Waals surface area (Å²) in [5.74, 6) is 0.379. The predicted molar refractivity (Wildman–Crippen MR) is 121 cm³/mol. The fourth-order valence-electron chi connectivity index (χ4n) is 3.15. The number of carbonyl (C=O) groups excluding carboxylic acids is 2. The van der Waals surface area contributed by atoms with Crippen molar-refractivity contribution in [2.24, 2.45) is 0 Å². The number of nitrogens with one attached hydrogen (secondary N) is 2. The maximum absolute atomic E-state index is 11.7. The summed E-state index contributed by atoms with van der Waals surface area (Å²) in [6, 6.07) is 7.37. The van der Waals surface area contributed by atoms with Gasteiger partial charge in [-0.15, -0.1) is 0 Å². The van der Waals surface area contributed by atoms with Crippen LogP contribution < -0.4 is 15.5 Å². The van der Waals surface area contributed by atoms with Crippen molar-refractivity contribution in [3.05, 3.63) is 40.7 Å². The predicted octanol–water partition coefficient (Wildman–Crippen LogP) is 1.77. The van der Waals surface area contributed by atoms with Gasteiger partial charge in [-0.2, -0.15) is 4.37 Å². The van der Waals surface area contributed by atoms with Gasteiger partial charge in [-0.25, -0.2) is 9.78 Å². The molecule has 0 unspecified atom stereocenters. The van der Waals surface area contributed by atoms with E-state index in [-0.39, 0.29) is 12.6 Å². The van der Waals surface area contributed by atoms with Gasteiger partial charge in [0.25, 0.3) is 0 Å². The lowest BCUT2D eigenvalue weighted by molar-refractivity contribution is -0.141. The molecule has 0 atom stereocenters. The van der Waals surface area contributed by atoms with Gasteiger partial charge in [0.2, 0.25) is 5.13 Å². The molecule has 0 aliphatic carbocycles. The van der Waals surface area contributed by atoms with Gasteiger partial charge in [0.1, 0.15) is 12.4 Å². The van der Waals surface area contributed by atoms with E-state index in [1.807, 2.05) is 24.3 Å². The third-order valence-corrected chi connectivity index (χ3v) is 5.85. The number of ether oxygens (including phenoxy) is 1. The highest BCUT2D eigenvalue weighted by Crippen LogP contribution is 2.21. The average molecular weight is 467 g/mol. The van der Waals surface area contributed by atoms with Crippen LogP contribution in [0, 0.1) is 0 Å². The molecular formula is C20H27ClN6O3S. The Morgan fingerprint density at radius 3 is 2.61 bits per heavy atom. The van der Waals surface area contributed by atoms with Crippen LogP contribution in [0.4, 0.5) is 9.93 Å². The number of aromatic nitrogens is 2. The lowest BCUT2D eigenvalue weighted by atomic mass is 10.1. The quantitative estimate of drug-likeness (QED) is 0.543. The van der Waals surface area contributed by atoms with Crippen molar-refractivity contribution in [3.8, 4) is 0 Å². The Bertz CT molecular complexity index is 855. The van der Waals surface area contributed by atoms with Crippen molar-refractivity contribution >= 4 is 40.3 Å². The zero-order valence-corrected chi connectivity index (χ0v) is 19.0. The summed E-state index contributed by atoms with van der Waals surface area (Å²) in [7, 11) is 0. The molecule has 1 aromatic carbocycles. The summed E-state index contributed by atoms with van der Waals surface area (Å²) >= 11 is 7.36. The van der Waals surface area contributed by atoms with Crippen LogP contribution in [-0.2, 0) is 16.0 Å². The molecule has 9 nitrogen and oxygen atoms in total. The number of amides is 2. The molecule has 0 saturated carbocycles. The highest BCUT2D eigenvalue weighted by Gasteiger charge is 2.20. The molecule has 1 saturated heterocycles. The van der Waals surface area contributed by atoms with E-state index in [1.165, 1.54) is 11.5 Å². The third kappa shape index (κ3) is 7.64. The molecule has 0 bridgehead atoms. The zero-order chi connectivity index (χ0) is 22.1. The smallest absolute Gasteiger partial charge is 0.325 e. The summed E-state index contributed by atoms with van der Waals surface area (Å²) in [6.07, 6.45) is 0.692. The van der Waals surface area contributed by atoms with Crippen LogP contribution in [0.25, 0.3) is 0 Å². The Labute approximate surface area is 190 Å². The molecule has 1 aliphatic rings. The number of hydrogen-bond acceptors (Lipinski definition) is 8. The standard InChI is InChI=1S/C20H27ClN6O3S/c1-2-30-18(28)14-23-19(29)22-7-8-26-9-11-27(12-10-26)20-24-17(25-31-20)13-15-3-5-16(21)6-4-15/h3-6H,2,7-14H2,1H3,(H2,22,23,29). The van der Waals surface area contributed by atoms with E-state index in [4.69, 9.17) is 16.3 Å². The molecule has 1 fully saturated rings. The highest BCUT2D eigenvalue weighted by atomic mass is 35.5. The molecule has 2 N–H and O–H groups in total. The first-order valence-corrected chi connectivity index (χ1v) is 11.4. The van der Waals surface area contributed by atoms with Crippen LogP contribution in [0.3, 0.4) is 0 Å². The van der Waals surface area contributed by atoms with E-state index in [2.05, 4.69) is 29.8 Å². The first-order valence-electron chi connectivity index (χ1n) is 10.2. The fourth-order valence-corrected chi connectivity index (χ4v) is 4.01. The molecule has 1 aliphatic heterocycles. The van der Waals surface area contributed by atoms with E-state index in [0.717, 1.165) is 54.3 Å². The number of piperazine rings is 1. The molecule has 1 aromatic heterocycles. The minimum atomic E-state index is -0.443. The van der Waals surface area contributed by atoms with Gasteiger partial charge < -0.3 is 20.3 Å². The van der Waals surface area contributed by atoms with Gasteiger partial charge in [0, 0.05) is 62.2 Å². The SMILES string of the molecule is CCOC(=O)CNC(=O)NCCN1CCN(c2nc(Cc3ccc(Cl)cc3)ns2)CC1. The van der Waals surface area contributed by atoms with Crippen molar-refractivity contribution in [2.45, 2.75) is 13.3 Å². The normalized spacial score (nSPS) is 14.3. The summed E-state index contributed by atoms with van der Waals surface area (Å²) in [6.45, 7) is 6.67. The molecule has 2 amide bonds. The number of hydrogen-bond donors (Lipinski definition) is 2. The molecule has 3 rings (SSSR count). The van der Waals surface area contributed by atoms with Crippen molar-refractivity contribution in [1.29, 1.82) is 0 Å². The van der Waals surface area contributed by atoms with Crippen LogP contribution in [-0.4, -0.2) is 78.7 Å². The van der Waals surface area contributed by atoms with Gasteiger partial charge in [0.05, 0.1) is 6.61 Å². The summed E-state index contributed by atoms with van der Waals surface area (Å²) in [5, 5.41) is 6.91. The molecule has 168 valence electrons. The van der Waals surface area contributed by atoms with Crippen molar-refractivity contribution in [2.75, 3.05) is 57.3 Å². The Morgan fingerprint density at radius 2 is 1.90 bits per heavy atom. The third-order valence-electron chi connectivity index (χ3n) is 4.79. The van der Waals surface area contributed by atoms with Crippen LogP contribution >= 0.6 is 23.1 Å². The van der Waals surface area contributed by atoms with E-state index in [9.17, 15) is 9.59 Å². The molecule has 31 heavy (non-hydrogen) atoms. The van der Waals surface area contributed by atoms with Crippen molar-refractivity contribution in [1.82, 2.24) is 24.9 Å². The number of carbonyl (C=O) groups is 2. The Kier molecular flexibility index (Phi) is 8.86. The van der Waals surface area contributed by atoms with Crippen molar-refractivity contribution in [3.63, 3.8) is 0 Å². The Balaban J connectivity index is 1.34. The second-order valence-electron chi connectivity index (χ2n) is 7.04. The summed E-state index contributed by atoms with van der Waals surface area (Å²) in [4.78, 5) is 32.2. The van der Waals surface area contributed by atoms with Crippen LogP contribution in [0.1, 0.15) is 18.3 Å². The summed E-state index contributed by atoms with van der Waals surface area (Å²) < 4.78 is 9.26. The molecule has 2 aromatic rings. The molecule has 0 spiro atoms. The van der Waals surface area contributed by atoms with Gasteiger partial charge in [-0.1, -0.05) is 23.7 Å². The molecule has 11 heteroatoms. The second-order valence-corrected chi connectivity index (χ2v) is 8.21. The van der Waals surface area contributed by atoms with Crippen LogP contribution in [0.15, 0.2) is 24.3 Å². The van der Waals surface area contributed by atoms with Crippen molar-refractivity contribution < 1.29 is 14.3 Å². The first kappa shape index (κ1) is 23.2. The highest BCUT2D eigenvalue weighted by molar-refractivity contribution is 7.09. The maximum Gasteiger partial charge on any atom is 0.325 e. The second kappa shape index (κ2) is 11.8. The van der Waals surface area contributed by atoms with Gasteiger partial charge in [0.15, 0.2) is 0 Å². The number of nitrogens with zero attached hydrogens (tertiary/aromatic N) is 4. The number of anilines is 1. The van der Waals surface area contributed by atoms with E-state index in [0.29, 0.717) is 19.6 Å². The molecule has 0 radical (unpaired) electrons. The summed E-state index contributed by atoms with van der Waals surface area (Å²) in [5.41, 5.74) is 1.14. The molecule has 2 heterocycles. The maximum atomic E-state index is 11.7. The number of urea groups is 1. The largest absolute Gasteiger partial charge is 0.465 e. The van der Waals surface area contributed by atoms with E-state index < -0.39 is 5.97 Å². The van der Waals surface area contributed by atoms with E-state index in [1.54, 1.807) is 6.92 Å². The first-order chi connectivity index (χ1) is 15.0. The monoisotopic (exact) mass is 466 g/mol. The molecular weight excluding hydrogens is 440 g/mol. The lowest BCUT2D eigenvalue weighted by Crippen LogP contribution is -2.49. The lowest BCUT2D eigenvalue weighted by Gasteiger charge is -2.34. The van der Waals surface area contributed by atoms with E-state index >= 15 is 0 Å². The number of halogens is 1.